The molecule has 2 aromatic rings. The van der Waals surface area contributed by atoms with E-state index in [1.165, 1.54) is 17.7 Å². The van der Waals surface area contributed by atoms with Gasteiger partial charge in [-0.05, 0) is 62.5 Å². The first-order valence-electron chi connectivity index (χ1n) is 11.4. The first-order valence-corrected chi connectivity index (χ1v) is 11.4. The van der Waals surface area contributed by atoms with Crippen LogP contribution in [0.1, 0.15) is 36.4 Å². The van der Waals surface area contributed by atoms with E-state index in [1.54, 1.807) is 0 Å². The summed E-state index contributed by atoms with van der Waals surface area (Å²) in [6.45, 7) is 5.67. The molecule has 0 amide bonds. The normalized spacial score (nSPS) is 24.8. The van der Waals surface area contributed by atoms with Crippen molar-refractivity contribution in [2.24, 2.45) is 5.92 Å². The molecule has 5 rings (SSSR count). The average Bonchev–Trinajstić information content (AvgIpc) is 2.75. The van der Waals surface area contributed by atoms with Crippen LogP contribution in [-0.2, 0) is 17.8 Å². The number of piperidine rings is 1. The van der Waals surface area contributed by atoms with Gasteiger partial charge in [0.05, 0.1) is 0 Å². The van der Waals surface area contributed by atoms with Gasteiger partial charge in [0.1, 0.15) is 0 Å². The van der Waals surface area contributed by atoms with Crippen LogP contribution in [0.3, 0.4) is 0 Å². The van der Waals surface area contributed by atoms with E-state index in [1.807, 2.05) is 6.07 Å². The minimum atomic E-state index is 0.188. The molecule has 0 spiro atoms. The van der Waals surface area contributed by atoms with Crippen LogP contribution < -0.4 is 5.56 Å². The number of rotatable bonds is 4. The molecule has 0 unspecified atom stereocenters. The van der Waals surface area contributed by atoms with E-state index in [9.17, 15) is 4.79 Å². The van der Waals surface area contributed by atoms with Gasteiger partial charge in [0.25, 0.3) is 5.56 Å². The van der Waals surface area contributed by atoms with Crippen molar-refractivity contribution in [1.82, 2.24) is 14.4 Å². The Morgan fingerprint density at radius 2 is 1.80 bits per heavy atom. The predicted octanol–water partition coefficient (Wildman–Crippen LogP) is 3.18. The van der Waals surface area contributed by atoms with Gasteiger partial charge < -0.3 is 14.2 Å². The minimum Gasteiger partial charge on any atom is -0.381 e. The lowest BCUT2D eigenvalue weighted by atomic mass is 9.81. The number of likely N-dealkylation sites (tertiary alicyclic amines) is 1. The number of fused-ring (bicyclic) bond motifs is 4. The second-order valence-corrected chi connectivity index (χ2v) is 9.58. The van der Waals surface area contributed by atoms with Crippen molar-refractivity contribution in [3.63, 3.8) is 0 Å². The highest BCUT2D eigenvalue weighted by molar-refractivity contribution is 5.66. The van der Waals surface area contributed by atoms with Gasteiger partial charge >= 0.3 is 0 Å². The van der Waals surface area contributed by atoms with E-state index in [0.29, 0.717) is 17.9 Å². The third kappa shape index (κ3) is 3.75. The minimum absolute atomic E-state index is 0.188. The summed E-state index contributed by atoms with van der Waals surface area (Å²) in [6.07, 6.45) is 3.51. The van der Waals surface area contributed by atoms with Crippen LogP contribution >= 0.6 is 0 Å². The number of benzene rings is 1. The molecular formula is C25H33N3O2. The van der Waals surface area contributed by atoms with Crippen molar-refractivity contribution in [2.75, 3.05) is 40.4 Å². The summed E-state index contributed by atoms with van der Waals surface area (Å²) >= 11 is 0. The molecule has 2 fully saturated rings. The molecule has 30 heavy (non-hydrogen) atoms. The van der Waals surface area contributed by atoms with Crippen molar-refractivity contribution in [2.45, 2.75) is 44.3 Å². The van der Waals surface area contributed by atoms with E-state index in [2.05, 4.69) is 58.8 Å². The monoisotopic (exact) mass is 407 g/mol. The first-order chi connectivity index (χ1) is 14.6. The van der Waals surface area contributed by atoms with Crippen LogP contribution in [0.5, 0.6) is 0 Å². The van der Waals surface area contributed by atoms with E-state index >= 15 is 0 Å². The van der Waals surface area contributed by atoms with E-state index in [4.69, 9.17) is 4.74 Å². The van der Waals surface area contributed by atoms with Crippen molar-refractivity contribution < 1.29 is 4.74 Å². The highest BCUT2D eigenvalue weighted by atomic mass is 16.5. The summed E-state index contributed by atoms with van der Waals surface area (Å²) in [5.41, 5.74) is 4.56. The highest BCUT2D eigenvalue weighted by Gasteiger charge is 2.37. The SMILES string of the molecule is CN(C)Cc1ccccc1-c1ccc2n(c1=O)C[C@@H]1C[C@@H]2CN(C2CCOCC2)C1. The largest absolute Gasteiger partial charge is 0.381 e. The maximum Gasteiger partial charge on any atom is 0.258 e. The number of ether oxygens (including phenoxy) is 1. The fourth-order valence-corrected chi connectivity index (χ4v) is 5.80. The lowest BCUT2D eigenvalue weighted by Crippen LogP contribution is -2.51. The van der Waals surface area contributed by atoms with Gasteiger partial charge in [-0.1, -0.05) is 24.3 Å². The second kappa shape index (κ2) is 8.29. The molecule has 2 bridgehead atoms. The molecule has 5 heteroatoms. The van der Waals surface area contributed by atoms with E-state index in [-0.39, 0.29) is 5.56 Å². The van der Waals surface area contributed by atoms with Crippen LogP contribution in [0.2, 0.25) is 0 Å². The molecule has 0 saturated carbocycles. The summed E-state index contributed by atoms with van der Waals surface area (Å²) in [7, 11) is 4.14. The maximum atomic E-state index is 13.6. The van der Waals surface area contributed by atoms with Gasteiger partial charge in [0.15, 0.2) is 0 Å². The Hall–Kier alpha value is -1.95. The van der Waals surface area contributed by atoms with Crippen molar-refractivity contribution >= 4 is 0 Å². The summed E-state index contributed by atoms with van der Waals surface area (Å²) in [5.74, 6) is 1.04. The number of nitrogens with zero attached hydrogens (tertiary/aromatic N) is 3. The number of hydrogen-bond acceptors (Lipinski definition) is 4. The Bertz CT molecular complexity index is 961. The fraction of sp³-hybridized carbons (Fsp3) is 0.560. The van der Waals surface area contributed by atoms with Crippen molar-refractivity contribution in [3.05, 3.63) is 58.0 Å². The number of aromatic nitrogens is 1. The summed E-state index contributed by atoms with van der Waals surface area (Å²) < 4.78 is 7.67. The Labute approximate surface area is 179 Å². The Morgan fingerprint density at radius 3 is 2.60 bits per heavy atom. The van der Waals surface area contributed by atoms with Gasteiger partial charge in [-0.2, -0.15) is 0 Å². The summed E-state index contributed by atoms with van der Waals surface area (Å²) in [5, 5.41) is 0. The predicted molar refractivity (Wildman–Crippen MR) is 120 cm³/mol. The average molecular weight is 408 g/mol. The number of pyridine rings is 1. The van der Waals surface area contributed by atoms with Crippen molar-refractivity contribution in [1.29, 1.82) is 0 Å². The smallest absolute Gasteiger partial charge is 0.258 e. The van der Waals surface area contributed by atoms with Gasteiger partial charge in [-0.15, -0.1) is 0 Å². The molecule has 1 aromatic heterocycles. The fourth-order valence-electron chi connectivity index (χ4n) is 5.80. The zero-order chi connectivity index (χ0) is 20.7. The molecule has 160 valence electrons. The molecule has 2 atom stereocenters. The quantitative estimate of drug-likeness (QED) is 0.780. The van der Waals surface area contributed by atoms with Crippen LogP contribution in [0, 0.1) is 5.92 Å². The third-order valence-electron chi connectivity index (χ3n) is 7.13. The molecule has 0 radical (unpaired) electrons. The maximum absolute atomic E-state index is 13.6. The Balaban J connectivity index is 1.46. The Kier molecular flexibility index (Phi) is 5.52. The first kappa shape index (κ1) is 20.0. The lowest BCUT2D eigenvalue weighted by Gasteiger charge is -2.46. The Morgan fingerprint density at radius 1 is 1.00 bits per heavy atom. The topological polar surface area (TPSA) is 37.7 Å². The van der Waals surface area contributed by atoms with Crippen LogP contribution in [0.15, 0.2) is 41.2 Å². The third-order valence-corrected chi connectivity index (χ3v) is 7.13. The summed E-state index contributed by atoms with van der Waals surface area (Å²) in [6, 6.07) is 13.3. The molecule has 3 aliphatic rings. The zero-order valence-corrected chi connectivity index (χ0v) is 18.2. The van der Waals surface area contributed by atoms with E-state index < -0.39 is 0 Å². The van der Waals surface area contributed by atoms with Gasteiger partial charge in [-0.3, -0.25) is 9.69 Å². The van der Waals surface area contributed by atoms with Crippen LogP contribution in [0.25, 0.3) is 11.1 Å². The van der Waals surface area contributed by atoms with Crippen molar-refractivity contribution in [3.8, 4) is 11.1 Å². The summed E-state index contributed by atoms with van der Waals surface area (Å²) in [4.78, 5) is 18.4. The number of hydrogen-bond donors (Lipinski definition) is 0. The zero-order valence-electron chi connectivity index (χ0n) is 18.2. The lowest BCUT2D eigenvalue weighted by molar-refractivity contribution is 0.00589. The highest BCUT2D eigenvalue weighted by Crippen LogP contribution is 2.37. The van der Waals surface area contributed by atoms with Gasteiger partial charge in [0, 0.05) is 62.6 Å². The second-order valence-electron chi connectivity index (χ2n) is 9.58. The van der Waals surface area contributed by atoms with Crippen LogP contribution in [0.4, 0.5) is 0 Å². The van der Waals surface area contributed by atoms with E-state index in [0.717, 1.165) is 63.4 Å². The molecular weight excluding hydrogens is 374 g/mol. The molecule has 4 heterocycles. The van der Waals surface area contributed by atoms with Gasteiger partial charge in [0.2, 0.25) is 0 Å². The molecule has 0 N–H and O–H groups in total. The molecule has 3 aliphatic heterocycles. The standard InChI is InChI=1S/C25H33N3O2/c1-26(2)16-19-5-3-4-6-22(19)23-7-8-24-20-13-18(15-28(24)25(23)29)14-27(17-20)21-9-11-30-12-10-21/h3-8,18,20-21H,9-17H2,1-2H3/t18-,20-/m1/s1. The van der Waals surface area contributed by atoms with Crippen LogP contribution in [-0.4, -0.2) is 60.8 Å². The molecule has 2 saturated heterocycles. The van der Waals surface area contributed by atoms with Gasteiger partial charge in [-0.25, -0.2) is 0 Å². The molecule has 1 aromatic carbocycles. The molecule has 0 aliphatic carbocycles. The molecule has 5 nitrogen and oxygen atoms in total.